The maximum atomic E-state index is 8.55. The number of aliphatic hydroxyl groups is 1. The largest absolute Gasteiger partial charge is 0.394 e. The van der Waals surface area contributed by atoms with E-state index >= 15 is 0 Å². The Hall–Kier alpha value is -1.73. The molecule has 0 aliphatic carbocycles. The highest BCUT2D eigenvalue weighted by Crippen LogP contribution is 2.11. The maximum Gasteiger partial charge on any atom is 0.203 e. The molecule has 2 N–H and O–H groups in total. The second kappa shape index (κ2) is 6.27. The van der Waals surface area contributed by atoms with E-state index in [1.54, 1.807) is 6.20 Å². The lowest BCUT2D eigenvalue weighted by Gasteiger charge is -2.06. The minimum absolute atomic E-state index is 0.0628. The number of nitrogens with one attached hydrogen (secondary N) is 1. The van der Waals surface area contributed by atoms with Gasteiger partial charge in [-0.2, -0.15) is 0 Å². The van der Waals surface area contributed by atoms with Crippen LogP contribution >= 0.6 is 0 Å². The monoisotopic (exact) mass is 251 g/mol. The van der Waals surface area contributed by atoms with E-state index in [2.05, 4.69) is 20.5 Å². The third kappa shape index (κ3) is 2.93. The van der Waals surface area contributed by atoms with E-state index in [0.717, 1.165) is 30.3 Å². The highest BCUT2D eigenvalue weighted by molar-refractivity contribution is 5.61. The van der Waals surface area contributed by atoms with Gasteiger partial charge in [-0.1, -0.05) is 0 Å². The van der Waals surface area contributed by atoms with Crippen molar-refractivity contribution in [2.75, 3.05) is 31.7 Å². The van der Waals surface area contributed by atoms with Gasteiger partial charge in [-0.15, -0.1) is 10.2 Å². The molecule has 0 amide bonds. The molecule has 7 nitrogen and oxygen atoms in total. The molecule has 18 heavy (non-hydrogen) atoms. The normalized spacial score (nSPS) is 11.0. The van der Waals surface area contributed by atoms with Crippen LogP contribution in [-0.4, -0.2) is 51.1 Å². The molecule has 2 heterocycles. The summed E-state index contributed by atoms with van der Waals surface area (Å²) >= 11 is 0. The van der Waals surface area contributed by atoms with Gasteiger partial charge in [-0.3, -0.25) is 4.40 Å². The van der Waals surface area contributed by atoms with Gasteiger partial charge >= 0.3 is 0 Å². The molecule has 0 aliphatic rings. The van der Waals surface area contributed by atoms with Crippen LogP contribution in [0.5, 0.6) is 0 Å². The summed E-state index contributed by atoms with van der Waals surface area (Å²) in [5.74, 6) is 1.56. The average molecular weight is 251 g/mol. The van der Waals surface area contributed by atoms with E-state index in [1.807, 2.05) is 17.5 Å². The van der Waals surface area contributed by atoms with Gasteiger partial charge in [0, 0.05) is 25.5 Å². The second-order valence-electron chi connectivity index (χ2n) is 3.83. The van der Waals surface area contributed by atoms with Gasteiger partial charge in [0.1, 0.15) is 5.82 Å². The molecular weight excluding hydrogens is 234 g/mol. The number of rotatable bonds is 7. The zero-order chi connectivity index (χ0) is 12.8. The van der Waals surface area contributed by atoms with Crippen molar-refractivity contribution in [3.05, 3.63) is 18.2 Å². The lowest BCUT2D eigenvalue weighted by atomic mass is 10.4. The van der Waals surface area contributed by atoms with Gasteiger partial charge < -0.3 is 15.2 Å². The topological polar surface area (TPSA) is 84.6 Å². The highest BCUT2D eigenvalue weighted by atomic mass is 16.5. The van der Waals surface area contributed by atoms with E-state index in [4.69, 9.17) is 9.84 Å². The van der Waals surface area contributed by atoms with Gasteiger partial charge in [0.25, 0.3) is 0 Å². The standard InChI is InChI=1S/C11H17N5O2/c1-9-14-15-11-10(13-4-5-16(9)11)12-3-2-7-18-8-6-17/h4-5,17H,2-3,6-8H2,1H3,(H,12,13). The Labute approximate surface area is 105 Å². The molecule has 7 heteroatoms. The summed E-state index contributed by atoms with van der Waals surface area (Å²) in [6.07, 6.45) is 4.39. The van der Waals surface area contributed by atoms with Crippen LogP contribution in [-0.2, 0) is 4.74 Å². The molecule has 98 valence electrons. The van der Waals surface area contributed by atoms with Crippen LogP contribution in [0.3, 0.4) is 0 Å². The Kier molecular flexibility index (Phi) is 4.43. The van der Waals surface area contributed by atoms with Crippen molar-refractivity contribution in [2.45, 2.75) is 13.3 Å². The zero-order valence-corrected chi connectivity index (χ0v) is 10.3. The number of aliphatic hydroxyl groups excluding tert-OH is 1. The maximum absolute atomic E-state index is 8.55. The molecule has 2 rings (SSSR count). The Morgan fingerprint density at radius 2 is 2.28 bits per heavy atom. The molecule has 2 aromatic heterocycles. The van der Waals surface area contributed by atoms with E-state index in [0.29, 0.717) is 13.2 Å². The lowest BCUT2D eigenvalue weighted by molar-refractivity contribution is 0.0922. The van der Waals surface area contributed by atoms with Crippen LogP contribution in [0.2, 0.25) is 0 Å². The summed E-state index contributed by atoms with van der Waals surface area (Å²) in [5, 5.41) is 19.8. The fourth-order valence-corrected chi connectivity index (χ4v) is 1.61. The first-order chi connectivity index (χ1) is 8.83. The minimum atomic E-state index is 0.0628. The molecule has 0 spiro atoms. The summed E-state index contributed by atoms with van der Waals surface area (Å²) in [6, 6.07) is 0. The summed E-state index contributed by atoms with van der Waals surface area (Å²) in [6.45, 7) is 3.70. The molecule has 2 aromatic rings. The van der Waals surface area contributed by atoms with Gasteiger partial charge in [-0.05, 0) is 13.3 Å². The van der Waals surface area contributed by atoms with Gasteiger partial charge in [0.05, 0.1) is 13.2 Å². The number of aryl methyl sites for hydroxylation is 1. The van der Waals surface area contributed by atoms with Gasteiger partial charge in [-0.25, -0.2) is 4.98 Å². The van der Waals surface area contributed by atoms with E-state index in [9.17, 15) is 0 Å². The van der Waals surface area contributed by atoms with Crippen LogP contribution in [0.15, 0.2) is 12.4 Å². The Balaban J connectivity index is 1.88. The SMILES string of the molecule is Cc1nnc2c(NCCCOCCO)nccn12. The lowest BCUT2D eigenvalue weighted by Crippen LogP contribution is -2.09. The summed E-state index contributed by atoms with van der Waals surface area (Å²) in [5.41, 5.74) is 0.728. The van der Waals surface area contributed by atoms with Crippen molar-refractivity contribution in [3.63, 3.8) is 0 Å². The van der Waals surface area contributed by atoms with Crippen molar-refractivity contribution in [1.82, 2.24) is 19.6 Å². The molecule has 0 saturated carbocycles. The number of ether oxygens (including phenoxy) is 1. The molecule has 0 fully saturated rings. The van der Waals surface area contributed by atoms with Crippen molar-refractivity contribution >= 4 is 11.5 Å². The van der Waals surface area contributed by atoms with Gasteiger partial charge in [0.2, 0.25) is 5.65 Å². The molecular formula is C11H17N5O2. The number of aromatic nitrogens is 4. The number of anilines is 1. The zero-order valence-electron chi connectivity index (χ0n) is 10.3. The smallest absolute Gasteiger partial charge is 0.203 e. The number of nitrogens with zero attached hydrogens (tertiary/aromatic N) is 4. The molecule has 0 radical (unpaired) electrons. The minimum Gasteiger partial charge on any atom is -0.394 e. The summed E-state index contributed by atoms with van der Waals surface area (Å²) in [4.78, 5) is 4.24. The average Bonchev–Trinajstić information content (AvgIpc) is 2.77. The predicted molar refractivity (Wildman–Crippen MR) is 66.5 cm³/mol. The molecule has 0 aromatic carbocycles. The molecule has 0 bridgehead atoms. The van der Waals surface area contributed by atoms with E-state index < -0.39 is 0 Å². The van der Waals surface area contributed by atoms with Crippen molar-refractivity contribution in [3.8, 4) is 0 Å². The van der Waals surface area contributed by atoms with Crippen LogP contribution < -0.4 is 5.32 Å². The molecule has 0 atom stereocenters. The first-order valence-corrected chi connectivity index (χ1v) is 5.91. The van der Waals surface area contributed by atoms with Crippen LogP contribution in [0.25, 0.3) is 5.65 Å². The van der Waals surface area contributed by atoms with Crippen LogP contribution in [0, 0.1) is 6.92 Å². The summed E-state index contributed by atoms with van der Waals surface area (Å²) < 4.78 is 7.06. The number of hydrogen-bond acceptors (Lipinski definition) is 6. The fourth-order valence-electron chi connectivity index (χ4n) is 1.61. The Bertz CT molecular complexity index is 499. The molecule has 0 saturated heterocycles. The summed E-state index contributed by atoms with van der Waals surface area (Å²) in [7, 11) is 0. The van der Waals surface area contributed by atoms with Crippen molar-refractivity contribution < 1.29 is 9.84 Å². The first-order valence-electron chi connectivity index (χ1n) is 5.91. The fraction of sp³-hybridized carbons (Fsp3) is 0.545. The van der Waals surface area contributed by atoms with E-state index in [1.165, 1.54) is 0 Å². The molecule has 0 unspecified atom stereocenters. The number of hydrogen-bond donors (Lipinski definition) is 2. The third-order valence-electron chi connectivity index (χ3n) is 2.49. The first kappa shape index (κ1) is 12.7. The van der Waals surface area contributed by atoms with E-state index in [-0.39, 0.29) is 6.61 Å². The van der Waals surface area contributed by atoms with Gasteiger partial charge in [0.15, 0.2) is 5.82 Å². The number of fused-ring (bicyclic) bond motifs is 1. The van der Waals surface area contributed by atoms with Crippen molar-refractivity contribution in [1.29, 1.82) is 0 Å². The highest BCUT2D eigenvalue weighted by Gasteiger charge is 2.06. The predicted octanol–water partition coefficient (Wildman–Crippen LogP) is 0.244. The second-order valence-corrected chi connectivity index (χ2v) is 3.83. The Morgan fingerprint density at radius 3 is 3.11 bits per heavy atom. The Morgan fingerprint density at radius 1 is 1.39 bits per heavy atom. The third-order valence-corrected chi connectivity index (χ3v) is 2.49. The quantitative estimate of drug-likeness (QED) is 0.686. The van der Waals surface area contributed by atoms with Crippen LogP contribution in [0.4, 0.5) is 5.82 Å². The van der Waals surface area contributed by atoms with Crippen LogP contribution in [0.1, 0.15) is 12.2 Å². The van der Waals surface area contributed by atoms with Crippen molar-refractivity contribution in [2.24, 2.45) is 0 Å². The molecule has 0 aliphatic heterocycles.